The fraction of sp³-hybridized carbons (Fsp3) is 0.0645. The number of nitrogens with zero attached hydrogens (tertiary/aromatic N) is 2. The molecule has 2 nitrogen and oxygen atoms in total. The maximum atomic E-state index is 2.45. The third kappa shape index (κ3) is 5.98. The molecule has 0 spiro atoms. The van der Waals surface area contributed by atoms with Crippen molar-refractivity contribution >= 4 is 99.5 Å². The van der Waals surface area contributed by atoms with Crippen LogP contribution in [0.5, 0.6) is 0 Å². The van der Waals surface area contributed by atoms with E-state index in [9.17, 15) is 0 Å². The van der Waals surface area contributed by atoms with Gasteiger partial charge in [0.1, 0.15) is 0 Å². The molecule has 1 unspecified atom stereocenters. The van der Waals surface area contributed by atoms with Gasteiger partial charge in [0.05, 0.1) is 22.1 Å². The second-order valence-corrected chi connectivity index (χ2v) is 20.2. The van der Waals surface area contributed by atoms with Gasteiger partial charge in [-0.05, 0) is 140 Å². The van der Waals surface area contributed by atoms with E-state index in [1.54, 1.807) is 0 Å². The molecule has 0 bridgehead atoms. The Morgan fingerprint density at radius 1 is 0.348 bits per heavy atom. The van der Waals surface area contributed by atoms with Crippen LogP contribution in [0.25, 0.3) is 110 Å². The number of rotatable bonds is 6. The van der Waals surface area contributed by atoms with Gasteiger partial charge in [-0.25, -0.2) is 0 Å². The van der Waals surface area contributed by atoms with Crippen molar-refractivity contribution in [3.05, 3.63) is 228 Å². The summed E-state index contributed by atoms with van der Waals surface area (Å²) in [6, 6.07) is 74.8. The largest absolute Gasteiger partial charge is 0.309 e. The maximum absolute atomic E-state index is 2.45. The highest BCUT2D eigenvalue weighted by molar-refractivity contribution is 8.08. The quantitative estimate of drug-likeness (QED) is 0.154. The van der Waals surface area contributed by atoms with Crippen molar-refractivity contribution in [1.82, 2.24) is 9.13 Å². The van der Waals surface area contributed by atoms with E-state index in [2.05, 4.69) is 221 Å². The molecule has 12 aromatic rings. The van der Waals surface area contributed by atoms with Crippen LogP contribution in [0.2, 0.25) is 0 Å². The van der Waals surface area contributed by atoms with Crippen LogP contribution in [-0.2, 0) is 0 Å². The lowest BCUT2D eigenvalue weighted by Crippen LogP contribution is -1.95. The number of para-hydroxylation sites is 3. The van der Waals surface area contributed by atoms with Crippen LogP contribution in [-0.4, -0.2) is 14.9 Å². The van der Waals surface area contributed by atoms with Gasteiger partial charge in [0, 0.05) is 53.7 Å². The van der Waals surface area contributed by atoms with Crippen LogP contribution in [0.15, 0.2) is 222 Å². The van der Waals surface area contributed by atoms with Crippen molar-refractivity contribution in [2.75, 3.05) is 5.75 Å². The van der Waals surface area contributed by atoms with Crippen LogP contribution in [0.3, 0.4) is 0 Å². The Morgan fingerprint density at radius 2 is 0.848 bits per heavy atom. The van der Waals surface area contributed by atoms with Crippen LogP contribution in [0.1, 0.15) is 23.7 Å². The number of hydrogen-bond acceptors (Lipinski definition) is 2. The lowest BCUT2D eigenvalue weighted by molar-refractivity contribution is 0.990. The van der Waals surface area contributed by atoms with E-state index < -0.39 is 0 Å². The summed E-state index contributed by atoms with van der Waals surface area (Å²) in [5.41, 5.74) is 13.5. The molecule has 2 aromatic heterocycles. The van der Waals surface area contributed by atoms with Crippen LogP contribution >= 0.6 is 23.5 Å². The van der Waals surface area contributed by atoms with Gasteiger partial charge in [-0.2, -0.15) is 0 Å². The van der Waals surface area contributed by atoms with Gasteiger partial charge < -0.3 is 9.13 Å². The Balaban J connectivity index is 0.843. The molecule has 1 atom stereocenters. The van der Waals surface area contributed by atoms with Crippen molar-refractivity contribution in [3.8, 4) is 33.6 Å². The average molecular weight is 879 g/mol. The molecule has 10 aromatic carbocycles. The summed E-state index contributed by atoms with van der Waals surface area (Å²) in [6.45, 7) is 0. The molecule has 0 amide bonds. The Morgan fingerprint density at radius 3 is 1.50 bits per heavy atom. The molecule has 312 valence electrons. The van der Waals surface area contributed by atoms with Crippen molar-refractivity contribution in [2.24, 2.45) is 0 Å². The standard InChI is InChI=1S/C62H42N2S2/c1-2-11-44(12-3-1)63-56-17-8-7-16-51(56)55-38-45(27-31-59(55)63)64-57-18-9-6-15-50(57)54-37-43(26-30-58(54)64)42-25-29-49-48-28-24-41(35-52(48)46-13-4-5-14-47(46)53(49)36-42)39-20-22-40(23-21-39)60-32-33-62(66-60)61-19-10-34-65-61/h1-9,11-31,33,35-38,60H,10,32,34H2. The van der Waals surface area contributed by atoms with Gasteiger partial charge in [0.15, 0.2) is 0 Å². The number of hydrogen-bond donors (Lipinski definition) is 0. The molecule has 2 aliphatic heterocycles. The van der Waals surface area contributed by atoms with E-state index in [1.165, 1.54) is 131 Å². The summed E-state index contributed by atoms with van der Waals surface area (Å²) in [5, 5.41) is 13.2. The lowest BCUT2D eigenvalue weighted by Gasteiger charge is -2.14. The summed E-state index contributed by atoms with van der Waals surface area (Å²) < 4.78 is 4.83. The molecule has 4 heteroatoms. The van der Waals surface area contributed by atoms with Crippen molar-refractivity contribution in [3.63, 3.8) is 0 Å². The highest BCUT2D eigenvalue weighted by Gasteiger charge is 2.24. The smallest absolute Gasteiger partial charge is 0.0542 e. The minimum Gasteiger partial charge on any atom is -0.309 e. The molecule has 0 saturated heterocycles. The third-order valence-corrected chi connectivity index (χ3v) is 16.8. The predicted octanol–water partition coefficient (Wildman–Crippen LogP) is 17.8. The Kier molecular flexibility index (Phi) is 8.75. The van der Waals surface area contributed by atoms with E-state index in [-0.39, 0.29) is 0 Å². The van der Waals surface area contributed by atoms with Crippen LogP contribution in [0.4, 0.5) is 0 Å². The van der Waals surface area contributed by atoms with Gasteiger partial charge in [-0.1, -0.05) is 146 Å². The van der Waals surface area contributed by atoms with Gasteiger partial charge in [0.2, 0.25) is 0 Å². The summed E-state index contributed by atoms with van der Waals surface area (Å²) in [6.07, 6.45) is 7.16. The second-order valence-electron chi connectivity index (χ2n) is 17.8. The molecule has 66 heavy (non-hydrogen) atoms. The maximum Gasteiger partial charge on any atom is 0.0542 e. The normalized spacial score (nSPS) is 15.3. The number of fused-ring (bicyclic) bond motifs is 12. The molecule has 0 N–H and O–H groups in total. The zero-order valence-corrected chi connectivity index (χ0v) is 37.7. The monoisotopic (exact) mass is 878 g/mol. The SMILES string of the molecule is C1=C(C2=CCC(c3ccc(-c4ccc5c6ccc(-c7ccc8c(c7)c7ccccc7n8-c7ccc8c(c7)c7ccccc7n8-c7ccccc7)cc6c6ccccc6c5c4)cc3)S2)SCC1. The number of benzene rings is 10. The zero-order valence-electron chi connectivity index (χ0n) is 36.1. The second kappa shape index (κ2) is 15.2. The minimum atomic E-state index is 0.497. The summed E-state index contributed by atoms with van der Waals surface area (Å²) >= 11 is 4.05. The van der Waals surface area contributed by atoms with E-state index in [0.29, 0.717) is 5.25 Å². The first kappa shape index (κ1) is 38.1. The lowest BCUT2D eigenvalue weighted by atomic mass is 9.90. The summed E-state index contributed by atoms with van der Waals surface area (Å²) in [7, 11) is 0. The van der Waals surface area contributed by atoms with Gasteiger partial charge in [0.25, 0.3) is 0 Å². The van der Waals surface area contributed by atoms with Crippen LogP contribution < -0.4 is 0 Å². The van der Waals surface area contributed by atoms with E-state index in [4.69, 9.17) is 0 Å². The van der Waals surface area contributed by atoms with E-state index >= 15 is 0 Å². The predicted molar refractivity (Wildman–Crippen MR) is 287 cm³/mol. The van der Waals surface area contributed by atoms with E-state index in [1.807, 2.05) is 23.5 Å². The highest BCUT2D eigenvalue weighted by Crippen LogP contribution is 2.50. The number of thioether (sulfide) groups is 2. The van der Waals surface area contributed by atoms with Gasteiger partial charge >= 0.3 is 0 Å². The molecular formula is C62H42N2S2. The average Bonchev–Trinajstić information content (AvgIpc) is 4.22. The Hall–Kier alpha value is -7.24. The van der Waals surface area contributed by atoms with E-state index in [0.717, 1.165) is 12.1 Å². The highest BCUT2D eigenvalue weighted by atomic mass is 32.2. The van der Waals surface area contributed by atoms with Crippen molar-refractivity contribution in [1.29, 1.82) is 0 Å². The van der Waals surface area contributed by atoms with Gasteiger partial charge in [-0.15, -0.1) is 23.5 Å². The fourth-order valence-electron chi connectivity index (χ4n) is 11.0. The zero-order chi connectivity index (χ0) is 43.3. The number of allylic oxidation sites excluding steroid dienone is 2. The Labute approximate surface area is 391 Å². The molecule has 0 radical (unpaired) electrons. The van der Waals surface area contributed by atoms with Crippen molar-refractivity contribution < 1.29 is 0 Å². The first-order valence-corrected chi connectivity index (χ1v) is 24.9. The molecule has 4 heterocycles. The summed E-state index contributed by atoms with van der Waals surface area (Å²) in [4.78, 5) is 2.97. The first-order valence-electron chi connectivity index (χ1n) is 23.0. The molecule has 0 fully saturated rings. The topological polar surface area (TPSA) is 9.86 Å². The van der Waals surface area contributed by atoms with Crippen molar-refractivity contribution in [2.45, 2.75) is 18.1 Å². The Bertz CT molecular complexity index is 4000. The molecule has 14 rings (SSSR count). The third-order valence-electron chi connectivity index (χ3n) is 14.1. The molecular weight excluding hydrogens is 837 g/mol. The summed E-state index contributed by atoms with van der Waals surface area (Å²) in [5.74, 6) is 1.22. The molecule has 0 aliphatic carbocycles. The molecule has 0 saturated carbocycles. The fourth-order valence-corrected chi connectivity index (χ4v) is 13.4. The number of aromatic nitrogens is 2. The molecule has 2 aliphatic rings. The first-order chi connectivity index (χ1) is 32.7. The van der Waals surface area contributed by atoms with Crippen LogP contribution in [0, 0.1) is 0 Å². The van der Waals surface area contributed by atoms with Gasteiger partial charge in [-0.3, -0.25) is 0 Å². The minimum absolute atomic E-state index is 0.497.